The van der Waals surface area contributed by atoms with Crippen LogP contribution in [0.15, 0.2) is 98.1 Å². The van der Waals surface area contributed by atoms with Gasteiger partial charge in [0, 0.05) is 43.7 Å². The summed E-state index contributed by atoms with van der Waals surface area (Å²) in [7, 11) is 0. The van der Waals surface area contributed by atoms with E-state index in [9.17, 15) is 19.5 Å². The first-order valence-electron chi connectivity index (χ1n) is 15.8. The molecule has 3 heterocycles. The molecule has 3 aliphatic rings. The number of amides is 3. The lowest BCUT2D eigenvalue weighted by atomic mass is 9.65. The summed E-state index contributed by atoms with van der Waals surface area (Å²) in [5.41, 5.74) is 1.75. The molecular formula is C37H41N3O4S. The zero-order valence-electron chi connectivity index (χ0n) is 25.8. The largest absolute Gasteiger partial charge is 0.396 e. The Kier molecular flexibility index (Phi) is 8.89. The molecule has 0 radical (unpaired) electrons. The number of nitrogens with zero attached hydrogens (tertiary/aromatic N) is 3. The smallest absolute Gasteiger partial charge is 0.251 e. The van der Waals surface area contributed by atoms with Gasteiger partial charge in [-0.25, -0.2) is 0 Å². The second kappa shape index (κ2) is 12.9. The van der Waals surface area contributed by atoms with Crippen molar-refractivity contribution in [2.24, 2.45) is 17.8 Å². The molecular weight excluding hydrogens is 582 g/mol. The molecule has 8 heteroatoms. The van der Waals surface area contributed by atoms with E-state index >= 15 is 0 Å². The molecule has 0 aliphatic carbocycles. The predicted molar refractivity (Wildman–Crippen MR) is 181 cm³/mol. The van der Waals surface area contributed by atoms with E-state index in [1.165, 1.54) is 0 Å². The molecule has 3 aromatic rings. The SMILES string of the molecule is C=CCN(Cc1ccccc1)C(=O)[C@@H]1[C@H]2C(=O)N(CCCO)C(C(=O)N(CC=C)c3ccc4ccccc4c3)C23S[C@@H]1CC3C. The van der Waals surface area contributed by atoms with Crippen molar-refractivity contribution in [3.05, 3.63) is 104 Å². The zero-order chi connectivity index (χ0) is 31.7. The van der Waals surface area contributed by atoms with Gasteiger partial charge in [-0.3, -0.25) is 14.4 Å². The van der Waals surface area contributed by atoms with Crippen molar-refractivity contribution in [1.29, 1.82) is 0 Å². The maximum Gasteiger partial charge on any atom is 0.251 e. The number of likely N-dealkylation sites (tertiary alicyclic amines) is 1. The van der Waals surface area contributed by atoms with Gasteiger partial charge in [-0.1, -0.05) is 79.7 Å². The van der Waals surface area contributed by atoms with Crippen LogP contribution in [0.5, 0.6) is 0 Å². The summed E-state index contributed by atoms with van der Waals surface area (Å²) in [6, 6.07) is 23.1. The Bertz CT molecular complexity index is 1610. The normalized spacial score (nSPS) is 26.6. The lowest BCUT2D eigenvalue weighted by Crippen LogP contribution is -2.57. The third-order valence-corrected chi connectivity index (χ3v) is 11.9. The highest BCUT2D eigenvalue weighted by Crippen LogP contribution is 2.69. The fraction of sp³-hybridized carbons (Fsp3) is 0.378. The number of benzene rings is 3. The van der Waals surface area contributed by atoms with Crippen molar-refractivity contribution in [2.75, 3.05) is 31.1 Å². The van der Waals surface area contributed by atoms with Crippen LogP contribution in [0, 0.1) is 17.8 Å². The van der Waals surface area contributed by atoms with Gasteiger partial charge in [-0.05, 0) is 47.2 Å². The summed E-state index contributed by atoms with van der Waals surface area (Å²) in [5, 5.41) is 11.8. The quantitative estimate of drug-likeness (QED) is 0.277. The fourth-order valence-corrected chi connectivity index (χ4v) is 10.3. The van der Waals surface area contributed by atoms with E-state index in [0.29, 0.717) is 19.5 Å². The van der Waals surface area contributed by atoms with E-state index in [0.717, 1.165) is 28.4 Å². The fourth-order valence-electron chi connectivity index (χ4n) is 7.91. The number of rotatable bonds is 12. The van der Waals surface area contributed by atoms with E-state index in [-0.39, 0.29) is 48.6 Å². The van der Waals surface area contributed by atoms with Crippen LogP contribution in [0.25, 0.3) is 10.8 Å². The molecule has 7 nitrogen and oxygen atoms in total. The van der Waals surface area contributed by atoms with Crippen LogP contribution in [0.4, 0.5) is 5.69 Å². The van der Waals surface area contributed by atoms with Crippen LogP contribution in [0.2, 0.25) is 0 Å². The molecule has 1 spiro atoms. The highest BCUT2D eigenvalue weighted by Gasteiger charge is 2.76. The van der Waals surface area contributed by atoms with Crippen LogP contribution in [-0.4, -0.2) is 74.9 Å². The number of carbonyl (C=O) groups is 3. The Hall–Kier alpha value is -3.88. The average Bonchev–Trinajstić information content (AvgIpc) is 3.65. The number of anilines is 1. The monoisotopic (exact) mass is 623 g/mol. The molecule has 2 bridgehead atoms. The Balaban J connectivity index is 1.39. The van der Waals surface area contributed by atoms with Crippen molar-refractivity contribution in [3.63, 3.8) is 0 Å². The summed E-state index contributed by atoms with van der Waals surface area (Å²) >= 11 is 1.67. The van der Waals surface area contributed by atoms with Crippen LogP contribution in [-0.2, 0) is 20.9 Å². The summed E-state index contributed by atoms with van der Waals surface area (Å²) < 4.78 is -0.753. The molecule has 3 amide bonds. The van der Waals surface area contributed by atoms with E-state index < -0.39 is 22.6 Å². The van der Waals surface area contributed by atoms with Crippen molar-refractivity contribution < 1.29 is 19.5 Å². The number of thioether (sulfide) groups is 1. The van der Waals surface area contributed by atoms with Gasteiger partial charge >= 0.3 is 0 Å². The molecule has 6 atom stereocenters. The summed E-state index contributed by atoms with van der Waals surface area (Å²) in [6.45, 7) is 11.2. The van der Waals surface area contributed by atoms with Gasteiger partial charge in [-0.2, -0.15) is 0 Å². The molecule has 0 aromatic heterocycles. The first kappa shape index (κ1) is 31.1. The molecule has 3 aromatic carbocycles. The topological polar surface area (TPSA) is 81.2 Å². The number of hydrogen-bond acceptors (Lipinski definition) is 5. The van der Waals surface area contributed by atoms with Gasteiger partial charge in [0.2, 0.25) is 11.8 Å². The Morgan fingerprint density at radius 3 is 2.42 bits per heavy atom. The van der Waals surface area contributed by atoms with Gasteiger partial charge in [0.15, 0.2) is 0 Å². The van der Waals surface area contributed by atoms with Crippen LogP contribution >= 0.6 is 11.8 Å². The second-order valence-electron chi connectivity index (χ2n) is 12.4. The highest BCUT2D eigenvalue weighted by molar-refractivity contribution is 8.02. The number of carbonyl (C=O) groups excluding carboxylic acids is 3. The minimum atomic E-state index is -0.766. The van der Waals surface area contributed by atoms with Gasteiger partial charge < -0.3 is 19.8 Å². The molecule has 234 valence electrons. The Morgan fingerprint density at radius 2 is 1.71 bits per heavy atom. The molecule has 3 unspecified atom stereocenters. The number of aliphatic hydroxyl groups excluding tert-OH is 1. The van der Waals surface area contributed by atoms with Crippen LogP contribution < -0.4 is 4.90 Å². The molecule has 6 rings (SSSR count). The first-order valence-corrected chi connectivity index (χ1v) is 16.7. The number of aliphatic hydroxyl groups is 1. The van der Waals surface area contributed by atoms with E-state index in [4.69, 9.17) is 0 Å². The molecule has 45 heavy (non-hydrogen) atoms. The third kappa shape index (κ3) is 5.28. The number of fused-ring (bicyclic) bond motifs is 2. The van der Waals surface area contributed by atoms with Crippen molar-refractivity contribution in [3.8, 4) is 0 Å². The van der Waals surface area contributed by atoms with Crippen LogP contribution in [0.1, 0.15) is 25.3 Å². The molecule has 3 saturated heterocycles. The van der Waals surface area contributed by atoms with E-state index in [1.54, 1.807) is 38.6 Å². The van der Waals surface area contributed by atoms with Crippen molar-refractivity contribution in [2.45, 2.75) is 42.3 Å². The standard InChI is InChI=1S/C37H41N3O4S/c1-4-18-38(24-26-12-7-6-8-13-26)34(42)31-30-22-25(3)37(45-30)32(31)35(43)40(20-11-21-41)33(37)36(44)39(19-5-2)29-17-16-27-14-9-10-15-28(27)23-29/h4-10,12-17,23,25,30-33,41H,1-2,11,18-22,24H2,3H3/t25?,30-,31+,32+,33?,37?/m1/s1. The third-order valence-electron chi connectivity index (χ3n) is 9.82. The maximum atomic E-state index is 14.9. The maximum absolute atomic E-state index is 14.9. The Labute approximate surface area is 269 Å². The molecule has 0 saturated carbocycles. The lowest BCUT2D eigenvalue weighted by molar-refractivity contribution is -0.144. The molecule has 3 fully saturated rings. The van der Waals surface area contributed by atoms with Gasteiger partial charge in [0.25, 0.3) is 5.91 Å². The Morgan fingerprint density at radius 1 is 1.00 bits per heavy atom. The van der Waals surface area contributed by atoms with Crippen molar-refractivity contribution >= 4 is 45.9 Å². The second-order valence-corrected chi connectivity index (χ2v) is 14.0. The van der Waals surface area contributed by atoms with Crippen LogP contribution in [0.3, 0.4) is 0 Å². The summed E-state index contributed by atoms with van der Waals surface area (Å²) in [6.07, 6.45) is 4.55. The summed E-state index contributed by atoms with van der Waals surface area (Å²) in [4.78, 5) is 49.1. The van der Waals surface area contributed by atoms with Crippen molar-refractivity contribution in [1.82, 2.24) is 9.80 Å². The van der Waals surface area contributed by atoms with Gasteiger partial charge in [-0.15, -0.1) is 24.9 Å². The lowest BCUT2D eigenvalue weighted by Gasteiger charge is -2.41. The summed E-state index contributed by atoms with van der Waals surface area (Å²) in [5.74, 6) is -1.50. The van der Waals surface area contributed by atoms with Gasteiger partial charge in [0.05, 0.1) is 16.6 Å². The minimum absolute atomic E-state index is 0.0442. The van der Waals surface area contributed by atoms with E-state index in [1.807, 2.05) is 72.8 Å². The zero-order valence-corrected chi connectivity index (χ0v) is 26.6. The minimum Gasteiger partial charge on any atom is -0.396 e. The molecule has 3 aliphatic heterocycles. The predicted octanol–water partition coefficient (Wildman–Crippen LogP) is 5.29. The molecule has 1 N–H and O–H groups in total. The van der Waals surface area contributed by atoms with E-state index in [2.05, 4.69) is 20.1 Å². The highest BCUT2D eigenvalue weighted by atomic mass is 32.2. The number of hydrogen-bond donors (Lipinski definition) is 1. The van der Waals surface area contributed by atoms with Gasteiger partial charge in [0.1, 0.15) is 6.04 Å². The first-order chi connectivity index (χ1) is 21.8. The average molecular weight is 624 g/mol.